The molecule has 0 atom stereocenters. The van der Waals surface area contributed by atoms with Gasteiger partial charge in [0, 0.05) is 30.3 Å². The molecule has 8 heteroatoms. The maximum atomic E-state index is 12.8. The molecular formula is C20H17F3N4O. The van der Waals surface area contributed by atoms with E-state index in [9.17, 15) is 18.0 Å². The molecule has 0 unspecified atom stereocenters. The SMILES string of the molecule is Cc1cc(CNc2ncccc2C(=O)Nc2cccc(C(F)(F)F)c2)ccn1. The summed E-state index contributed by atoms with van der Waals surface area (Å²) < 4.78 is 38.5. The van der Waals surface area contributed by atoms with Gasteiger partial charge in [0.2, 0.25) is 0 Å². The van der Waals surface area contributed by atoms with Crippen molar-refractivity contribution in [3.63, 3.8) is 0 Å². The lowest BCUT2D eigenvalue weighted by atomic mass is 10.1. The average Bonchev–Trinajstić information content (AvgIpc) is 2.66. The molecule has 0 radical (unpaired) electrons. The van der Waals surface area contributed by atoms with Crippen LogP contribution < -0.4 is 10.6 Å². The monoisotopic (exact) mass is 386 g/mol. The van der Waals surface area contributed by atoms with Crippen LogP contribution in [-0.2, 0) is 12.7 Å². The fourth-order valence-electron chi connectivity index (χ4n) is 2.60. The smallest absolute Gasteiger partial charge is 0.365 e. The molecule has 0 saturated carbocycles. The number of rotatable bonds is 5. The van der Waals surface area contributed by atoms with Gasteiger partial charge in [0.05, 0.1) is 11.1 Å². The number of hydrogen-bond acceptors (Lipinski definition) is 4. The first kappa shape index (κ1) is 19.3. The molecule has 5 nitrogen and oxygen atoms in total. The van der Waals surface area contributed by atoms with Crippen LogP contribution in [0, 0.1) is 6.92 Å². The summed E-state index contributed by atoms with van der Waals surface area (Å²) in [5.74, 6) is -0.220. The zero-order valence-electron chi connectivity index (χ0n) is 14.9. The van der Waals surface area contributed by atoms with E-state index in [1.54, 1.807) is 18.3 Å². The quantitative estimate of drug-likeness (QED) is 0.669. The molecule has 144 valence electrons. The molecule has 0 saturated heterocycles. The first-order valence-corrected chi connectivity index (χ1v) is 8.42. The number of nitrogens with one attached hydrogen (secondary N) is 2. The summed E-state index contributed by atoms with van der Waals surface area (Å²) in [5.41, 5.74) is 1.28. The van der Waals surface area contributed by atoms with Crippen LogP contribution in [0.3, 0.4) is 0 Å². The lowest BCUT2D eigenvalue weighted by molar-refractivity contribution is -0.137. The molecule has 2 N–H and O–H groups in total. The van der Waals surface area contributed by atoms with Crippen LogP contribution in [0.15, 0.2) is 60.9 Å². The van der Waals surface area contributed by atoms with Crippen LogP contribution in [0.4, 0.5) is 24.7 Å². The van der Waals surface area contributed by atoms with E-state index in [2.05, 4.69) is 20.6 Å². The molecule has 3 rings (SSSR count). The van der Waals surface area contributed by atoms with E-state index >= 15 is 0 Å². The Morgan fingerprint density at radius 2 is 1.86 bits per heavy atom. The minimum Gasteiger partial charge on any atom is -0.365 e. The van der Waals surface area contributed by atoms with E-state index < -0.39 is 17.6 Å². The third-order valence-corrected chi connectivity index (χ3v) is 3.92. The fraction of sp³-hybridized carbons (Fsp3) is 0.150. The van der Waals surface area contributed by atoms with E-state index in [0.717, 1.165) is 23.4 Å². The maximum absolute atomic E-state index is 12.8. The molecule has 2 aromatic heterocycles. The molecule has 1 aromatic carbocycles. The standard InChI is InChI=1S/C20H17F3N4O/c1-13-10-14(7-9-24-13)12-26-18-17(6-3-8-25-18)19(28)27-16-5-2-4-15(11-16)20(21,22)23/h2-11H,12H2,1H3,(H,25,26)(H,27,28). The zero-order valence-corrected chi connectivity index (χ0v) is 14.9. The highest BCUT2D eigenvalue weighted by Crippen LogP contribution is 2.30. The summed E-state index contributed by atoms with van der Waals surface area (Å²) >= 11 is 0. The maximum Gasteiger partial charge on any atom is 0.416 e. The van der Waals surface area contributed by atoms with Crippen LogP contribution >= 0.6 is 0 Å². The van der Waals surface area contributed by atoms with Gasteiger partial charge in [-0.2, -0.15) is 13.2 Å². The zero-order chi connectivity index (χ0) is 20.1. The van der Waals surface area contributed by atoms with Crippen molar-refractivity contribution >= 4 is 17.4 Å². The highest BCUT2D eigenvalue weighted by Gasteiger charge is 2.30. The lowest BCUT2D eigenvalue weighted by Gasteiger charge is -2.13. The Kier molecular flexibility index (Phi) is 5.58. The molecular weight excluding hydrogens is 369 g/mol. The van der Waals surface area contributed by atoms with E-state index in [4.69, 9.17) is 0 Å². The summed E-state index contributed by atoms with van der Waals surface area (Å²) in [5, 5.41) is 5.57. The summed E-state index contributed by atoms with van der Waals surface area (Å²) in [4.78, 5) is 20.9. The van der Waals surface area contributed by atoms with Crippen molar-refractivity contribution in [3.8, 4) is 0 Å². The number of benzene rings is 1. The third kappa shape index (κ3) is 4.85. The van der Waals surface area contributed by atoms with Gasteiger partial charge in [0.25, 0.3) is 5.91 Å². The van der Waals surface area contributed by atoms with Gasteiger partial charge in [-0.25, -0.2) is 4.98 Å². The number of nitrogens with zero attached hydrogens (tertiary/aromatic N) is 2. The summed E-state index contributed by atoms with van der Waals surface area (Å²) in [7, 11) is 0. The van der Waals surface area contributed by atoms with Crippen LogP contribution in [0.2, 0.25) is 0 Å². The van der Waals surface area contributed by atoms with Gasteiger partial charge in [0.15, 0.2) is 0 Å². The number of halogens is 3. The van der Waals surface area contributed by atoms with Crippen molar-refractivity contribution in [2.75, 3.05) is 10.6 Å². The van der Waals surface area contributed by atoms with Gasteiger partial charge in [-0.3, -0.25) is 9.78 Å². The average molecular weight is 386 g/mol. The second-order valence-electron chi connectivity index (χ2n) is 6.09. The van der Waals surface area contributed by atoms with Crippen LogP contribution in [0.25, 0.3) is 0 Å². The van der Waals surface area contributed by atoms with Crippen molar-refractivity contribution in [1.82, 2.24) is 9.97 Å². The number of aromatic nitrogens is 2. The topological polar surface area (TPSA) is 66.9 Å². The minimum atomic E-state index is -4.48. The molecule has 0 aliphatic carbocycles. The van der Waals surface area contributed by atoms with Gasteiger partial charge in [0.1, 0.15) is 5.82 Å². The highest BCUT2D eigenvalue weighted by atomic mass is 19.4. The van der Waals surface area contributed by atoms with Gasteiger partial charge >= 0.3 is 6.18 Å². The molecule has 0 aliphatic heterocycles. The predicted molar refractivity (Wildman–Crippen MR) is 99.9 cm³/mol. The van der Waals surface area contributed by atoms with E-state index in [1.165, 1.54) is 18.3 Å². The lowest BCUT2D eigenvalue weighted by Crippen LogP contribution is -2.16. The van der Waals surface area contributed by atoms with Gasteiger partial charge in [-0.15, -0.1) is 0 Å². The van der Waals surface area contributed by atoms with Gasteiger partial charge in [-0.1, -0.05) is 6.07 Å². The number of aryl methyl sites for hydroxylation is 1. The number of anilines is 2. The van der Waals surface area contributed by atoms with Crippen molar-refractivity contribution in [3.05, 3.63) is 83.3 Å². The molecule has 0 fully saturated rings. The first-order chi connectivity index (χ1) is 13.3. The second kappa shape index (κ2) is 8.08. The highest BCUT2D eigenvalue weighted by molar-refractivity contribution is 6.07. The van der Waals surface area contributed by atoms with Crippen molar-refractivity contribution in [1.29, 1.82) is 0 Å². The Labute approximate surface area is 159 Å². The number of hydrogen-bond donors (Lipinski definition) is 2. The van der Waals surface area contributed by atoms with Gasteiger partial charge < -0.3 is 10.6 Å². The summed E-state index contributed by atoms with van der Waals surface area (Å²) in [6, 6.07) is 11.4. The van der Waals surface area contributed by atoms with Crippen LogP contribution in [-0.4, -0.2) is 15.9 Å². The van der Waals surface area contributed by atoms with Crippen molar-refractivity contribution in [2.24, 2.45) is 0 Å². The number of alkyl halides is 3. The predicted octanol–water partition coefficient (Wildman–Crippen LogP) is 4.67. The molecule has 0 aliphatic rings. The van der Waals surface area contributed by atoms with Crippen molar-refractivity contribution in [2.45, 2.75) is 19.6 Å². The first-order valence-electron chi connectivity index (χ1n) is 8.42. The van der Waals surface area contributed by atoms with Crippen LogP contribution in [0.1, 0.15) is 27.2 Å². The Hall–Kier alpha value is -3.42. The number of amides is 1. The number of pyridine rings is 2. The normalized spacial score (nSPS) is 11.1. The molecule has 3 aromatic rings. The molecule has 0 bridgehead atoms. The summed E-state index contributed by atoms with van der Waals surface area (Å²) in [6.07, 6.45) is -1.27. The number of carbonyl (C=O) groups is 1. The van der Waals surface area contributed by atoms with E-state index in [-0.39, 0.29) is 11.3 Å². The molecule has 1 amide bonds. The number of carbonyl (C=O) groups excluding carboxylic acids is 1. The van der Waals surface area contributed by atoms with E-state index in [0.29, 0.717) is 12.4 Å². The molecule has 2 heterocycles. The Balaban J connectivity index is 1.76. The Morgan fingerprint density at radius 1 is 1.04 bits per heavy atom. The Bertz CT molecular complexity index is 989. The summed E-state index contributed by atoms with van der Waals surface area (Å²) in [6.45, 7) is 2.29. The third-order valence-electron chi connectivity index (χ3n) is 3.92. The van der Waals surface area contributed by atoms with Crippen molar-refractivity contribution < 1.29 is 18.0 Å². The minimum absolute atomic E-state index is 0.0550. The largest absolute Gasteiger partial charge is 0.416 e. The molecule has 0 spiro atoms. The fourth-order valence-corrected chi connectivity index (χ4v) is 2.60. The Morgan fingerprint density at radius 3 is 2.61 bits per heavy atom. The van der Waals surface area contributed by atoms with E-state index in [1.807, 2.05) is 19.1 Å². The molecule has 28 heavy (non-hydrogen) atoms. The second-order valence-corrected chi connectivity index (χ2v) is 6.09. The van der Waals surface area contributed by atoms with Gasteiger partial charge in [-0.05, 0) is 55.0 Å². The van der Waals surface area contributed by atoms with Crippen LogP contribution in [0.5, 0.6) is 0 Å².